The molecular weight excluding hydrogens is 300 g/mol. The SMILES string of the molecule is CCCCC(CC)Cc1ccc(OC(=O)c2ccccc2O)cc1. The number of hydrogen-bond acceptors (Lipinski definition) is 3. The largest absolute Gasteiger partial charge is 0.507 e. The number of phenols is 1. The summed E-state index contributed by atoms with van der Waals surface area (Å²) in [5.41, 5.74) is 1.44. The van der Waals surface area contributed by atoms with Gasteiger partial charge in [0.25, 0.3) is 0 Å². The molecule has 24 heavy (non-hydrogen) atoms. The molecule has 2 aromatic rings. The second-order valence-corrected chi connectivity index (χ2v) is 6.17. The monoisotopic (exact) mass is 326 g/mol. The number of phenolic OH excluding ortho intramolecular Hbond substituents is 1. The lowest BCUT2D eigenvalue weighted by Crippen LogP contribution is -2.09. The Labute approximate surface area is 144 Å². The molecule has 0 aromatic heterocycles. The van der Waals surface area contributed by atoms with Gasteiger partial charge in [0.15, 0.2) is 0 Å². The van der Waals surface area contributed by atoms with E-state index in [0.29, 0.717) is 11.7 Å². The lowest BCUT2D eigenvalue weighted by Gasteiger charge is -2.14. The molecule has 1 unspecified atom stereocenters. The van der Waals surface area contributed by atoms with Gasteiger partial charge in [-0.25, -0.2) is 4.79 Å². The van der Waals surface area contributed by atoms with E-state index in [9.17, 15) is 9.90 Å². The normalized spacial score (nSPS) is 11.9. The Balaban J connectivity index is 1.96. The van der Waals surface area contributed by atoms with E-state index in [1.54, 1.807) is 18.2 Å². The van der Waals surface area contributed by atoms with Gasteiger partial charge in [-0.2, -0.15) is 0 Å². The minimum Gasteiger partial charge on any atom is -0.507 e. The smallest absolute Gasteiger partial charge is 0.347 e. The molecule has 0 fully saturated rings. The van der Waals surface area contributed by atoms with E-state index >= 15 is 0 Å². The molecule has 3 nitrogen and oxygen atoms in total. The third-order valence-electron chi connectivity index (χ3n) is 4.33. The average molecular weight is 326 g/mol. The molecule has 3 heteroatoms. The summed E-state index contributed by atoms with van der Waals surface area (Å²) in [7, 11) is 0. The van der Waals surface area contributed by atoms with Gasteiger partial charge in [0.2, 0.25) is 0 Å². The molecule has 0 aliphatic carbocycles. The number of ether oxygens (including phenoxy) is 1. The fourth-order valence-electron chi connectivity index (χ4n) is 2.78. The van der Waals surface area contributed by atoms with Gasteiger partial charge < -0.3 is 9.84 Å². The summed E-state index contributed by atoms with van der Waals surface area (Å²) >= 11 is 0. The number of carbonyl (C=O) groups is 1. The van der Waals surface area contributed by atoms with Gasteiger partial charge in [0, 0.05) is 0 Å². The fraction of sp³-hybridized carbons (Fsp3) is 0.381. The molecule has 2 rings (SSSR count). The van der Waals surface area contributed by atoms with E-state index < -0.39 is 5.97 Å². The molecule has 1 atom stereocenters. The summed E-state index contributed by atoms with van der Waals surface area (Å²) in [5, 5.41) is 9.70. The molecule has 0 spiro atoms. The zero-order valence-electron chi connectivity index (χ0n) is 14.5. The van der Waals surface area contributed by atoms with Gasteiger partial charge in [0.05, 0.1) is 0 Å². The van der Waals surface area contributed by atoms with E-state index in [-0.39, 0.29) is 11.3 Å². The number of para-hydroxylation sites is 1. The first-order valence-corrected chi connectivity index (χ1v) is 8.73. The molecule has 128 valence electrons. The van der Waals surface area contributed by atoms with Crippen LogP contribution < -0.4 is 4.74 Å². The topological polar surface area (TPSA) is 46.5 Å². The van der Waals surface area contributed by atoms with Gasteiger partial charge in [-0.1, -0.05) is 63.8 Å². The van der Waals surface area contributed by atoms with Crippen LogP contribution in [0.1, 0.15) is 55.5 Å². The molecule has 0 saturated carbocycles. The zero-order chi connectivity index (χ0) is 17.4. The molecule has 0 bridgehead atoms. The Kier molecular flexibility index (Phi) is 6.86. The number of aromatic hydroxyl groups is 1. The Morgan fingerprint density at radius 2 is 1.79 bits per heavy atom. The van der Waals surface area contributed by atoms with Gasteiger partial charge in [-0.3, -0.25) is 0 Å². The molecule has 2 aromatic carbocycles. The number of rotatable bonds is 8. The summed E-state index contributed by atoms with van der Waals surface area (Å²) in [4.78, 5) is 12.1. The molecular formula is C21H26O3. The molecule has 0 amide bonds. The lowest BCUT2D eigenvalue weighted by atomic mass is 9.92. The summed E-state index contributed by atoms with van der Waals surface area (Å²) in [6.45, 7) is 4.46. The van der Waals surface area contributed by atoms with Crippen molar-refractivity contribution in [2.75, 3.05) is 0 Å². The first-order chi connectivity index (χ1) is 11.6. The Bertz CT molecular complexity index is 646. The first kappa shape index (κ1) is 18.1. The van der Waals surface area contributed by atoms with E-state index in [0.717, 1.165) is 6.42 Å². The third kappa shape index (κ3) is 5.12. The number of carbonyl (C=O) groups excluding carboxylic acids is 1. The molecule has 0 aliphatic heterocycles. The maximum Gasteiger partial charge on any atom is 0.347 e. The summed E-state index contributed by atoms with van der Waals surface area (Å²) in [5.74, 6) is 0.587. The number of hydrogen-bond donors (Lipinski definition) is 1. The van der Waals surface area contributed by atoms with Crippen molar-refractivity contribution in [2.24, 2.45) is 5.92 Å². The summed E-state index contributed by atoms with van der Waals surface area (Å²) < 4.78 is 5.33. The summed E-state index contributed by atoms with van der Waals surface area (Å²) in [6.07, 6.45) is 6.01. The minimum absolute atomic E-state index is 0.0687. The lowest BCUT2D eigenvalue weighted by molar-refractivity contribution is 0.0731. The van der Waals surface area contributed by atoms with E-state index in [1.807, 2.05) is 24.3 Å². The predicted molar refractivity (Wildman–Crippen MR) is 96.5 cm³/mol. The van der Waals surface area contributed by atoms with Crippen LogP contribution in [0.15, 0.2) is 48.5 Å². The third-order valence-corrected chi connectivity index (χ3v) is 4.33. The van der Waals surface area contributed by atoms with E-state index in [1.165, 1.54) is 37.3 Å². The van der Waals surface area contributed by atoms with Crippen molar-refractivity contribution in [1.82, 2.24) is 0 Å². The van der Waals surface area contributed by atoms with Crippen LogP contribution in [-0.2, 0) is 6.42 Å². The standard InChI is InChI=1S/C21H26O3/c1-3-5-8-16(4-2)15-17-11-13-18(14-12-17)24-21(23)19-9-6-7-10-20(19)22/h6-7,9-14,16,22H,3-5,8,15H2,1-2H3. The Morgan fingerprint density at radius 1 is 1.08 bits per heavy atom. The quantitative estimate of drug-likeness (QED) is 0.524. The van der Waals surface area contributed by atoms with Crippen LogP contribution in [0.4, 0.5) is 0 Å². The highest BCUT2D eigenvalue weighted by Crippen LogP contribution is 2.22. The maximum atomic E-state index is 12.1. The minimum atomic E-state index is -0.546. The highest BCUT2D eigenvalue weighted by molar-refractivity contribution is 5.93. The molecule has 0 heterocycles. The zero-order valence-corrected chi connectivity index (χ0v) is 14.5. The number of benzene rings is 2. The van der Waals surface area contributed by atoms with Crippen molar-refractivity contribution in [2.45, 2.75) is 46.0 Å². The second-order valence-electron chi connectivity index (χ2n) is 6.17. The highest BCUT2D eigenvalue weighted by atomic mass is 16.5. The van der Waals surface area contributed by atoms with Crippen LogP contribution >= 0.6 is 0 Å². The van der Waals surface area contributed by atoms with Crippen LogP contribution in [-0.4, -0.2) is 11.1 Å². The van der Waals surface area contributed by atoms with Crippen LogP contribution in [0.2, 0.25) is 0 Å². The average Bonchev–Trinajstić information content (AvgIpc) is 2.60. The number of unbranched alkanes of at least 4 members (excludes halogenated alkanes) is 1. The number of esters is 1. The van der Waals surface area contributed by atoms with Gasteiger partial charge in [-0.05, 0) is 42.2 Å². The molecule has 1 N–H and O–H groups in total. The highest BCUT2D eigenvalue weighted by Gasteiger charge is 2.13. The van der Waals surface area contributed by atoms with Gasteiger partial charge in [-0.15, -0.1) is 0 Å². The summed E-state index contributed by atoms with van der Waals surface area (Å²) in [6, 6.07) is 14.1. The van der Waals surface area contributed by atoms with Crippen LogP contribution in [0.25, 0.3) is 0 Å². The van der Waals surface area contributed by atoms with E-state index in [4.69, 9.17) is 4.74 Å². The predicted octanol–water partition coefficient (Wildman–Crippen LogP) is 5.37. The van der Waals surface area contributed by atoms with Crippen molar-refractivity contribution in [3.05, 3.63) is 59.7 Å². The van der Waals surface area contributed by atoms with Crippen molar-refractivity contribution >= 4 is 5.97 Å². The Hall–Kier alpha value is -2.29. The van der Waals surface area contributed by atoms with Crippen molar-refractivity contribution in [3.8, 4) is 11.5 Å². The molecule has 0 radical (unpaired) electrons. The Morgan fingerprint density at radius 3 is 2.42 bits per heavy atom. The van der Waals surface area contributed by atoms with Crippen LogP contribution in [0.3, 0.4) is 0 Å². The van der Waals surface area contributed by atoms with Gasteiger partial charge in [0.1, 0.15) is 17.1 Å². The second kappa shape index (κ2) is 9.11. The molecule has 0 aliphatic rings. The first-order valence-electron chi connectivity index (χ1n) is 8.73. The van der Waals surface area contributed by atoms with Crippen molar-refractivity contribution < 1.29 is 14.6 Å². The van der Waals surface area contributed by atoms with Crippen molar-refractivity contribution in [3.63, 3.8) is 0 Å². The van der Waals surface area contributed by atoms with Crippen molar-refractivity contribution in [1.29, 1.82) is 0 Å². The maximum absolute atomic E-state index is 12.1. The van der Waals surface area contributed by atoms with Gasteiger partial charge >= 0.3 is 5.97 Å². The molecule has 0 saturated heterocycles. The van der Waals surface area contributed by atoms with Crippen LogP contribution in [0, 0.1) is 5.92 Å². The van der Waals surface area contributed by atoms with Crippen LogP contribution in [0.5, 0.6) is 11.5 Å². The fourth-order valence-corrected chi connectivity index (χ4v) is 2.78. The van der Waals surface area contributed by atoms with E-state index in [2.05, 4.69) is 13.8 Å².